The van der Waals surface area contributed by atoms with E-state index in [0.29, 0.717) is 17.1 Å². The first kappa shape index (κ1) is 6.82. The molecular formula is C6H3ClN2OS. The molecule has 2 heterocycles. The van der Waals surface area contributed by atoms with Crippen LogP contribution in [0.2, 0.25) is 5.15 Å². The zero-order valence-corrected chi connectivity index (χ0v) is 6.89. The fraction of sp³-hybridized carbons (Fsp3) is 0. The van der Waals surface area contributed by atoms with Gasteiger partial charge in [0.2, 0.25) is 0 Å². The summed E-state index contributed by atoms with van der Waals surface area (Å²) in [6.07, 6.45) is 2.43. The first-order valence-corrected chi connectivity index (χ1v) is 4.15. The number of rotatable bonds is 1. The van der Waals surface area contributed by atoms with Crippen molar-refractivity contribution in [3.8, 4) is 0 Å². The summed E-state index contributed by atoms with van der Waals surface area (Å²) in [6, 6.07) is 0. The second-order valence-corrected chi connectivity index (χ2v) is 3.19. The Hall–Kier alpha value is -0.870. The van der Waals surface area contributed by atoms with Crippen LogP contribution < -0.4 is 0 Å². The van der Waals surface area contributed by atoms with Crippen LogP contribution in [0.15, 0.2) is 11.6 Å². The van der Waals surface area contributed by atoms with Gasteiger partial charge in [0, 0.05) is 11.6 Å². The molecule has 0 unspecified atom stereocenters. The average molecular weight is 187 g/mol. The highest BCUT2D eigenvalue weighted by atomic mass is 35.5. The van der Waals surface area contributed by atoms with Gasteiger partial charge in [0.25, 0.3) is 0 Å². The van der Waals surface area contributed by atoms with Crippen molar-refractivity contribution in [2.24, 2.45) is 0 Å². The summed E-state index contributed by atoms with van der Waals surface area (Å²) in [4.78, 5) is 15.1. The lowest BCUT2D eigenvalue weighted by molar-refractivity contribution is 0.112. The van der Waals surface area contributed by atoms with E-state index in [4.69, 9.17) is 11.6 Å². The largest absolute Gasteiger partial charge is 0.296 e. The van der Waals surface area contributed by atoms with Crippen molar-refractivity contribution >= 4 is 34.2 Å². The van der Waals surface area contributed by atoms with Gasteiger partial charge in [-0.3, -0.25) is 9.20 Å². The molecule has 0 spiro atoms. The number of hydrogen-bond acceptors (Lipinski definition) is 3. The Morgan fingerprint density at radius 2 is 2.55 bits per heavy atom. The molecule has 5 heteroatoms. The van der Waals surface area contributed by atoms with E-state index in [1.54, 1.807) is 10.6 Å². The SMILES string of the molecule is O=Cc1nc2sccn2c1Cl. The number of hydrogen-bond donors (Lipinski definition) is 0. The van der Waals surface area contributed by atoms with E-state index in [2.05, 4.69) is 4.98 Å². The first-order chi connectivity index (χ1) is 5.33. The van der Waals surface area contributed by atoms with E-state index < -0.39 is 0 Å². The van der Waals surface area contributed by atoms with Crippen molar-refractivity contribution in [3.05, 3.63) is 22.4 Å². The number of aromatic nitrogens is 2. The van der Waals surface area contributed by atoms with Crippen LogP contribution in [0.25, 0.3) is 4.96 Å². The van der Waals surface area contributed by atoms with Crippen molar-refractivity contribution in [3.63, 3.8) is 0 Å². The molecule has 0 aliphatic rings. The third-order valence-corrected chi connectivity index (χ3v) is 2.47. The first-order valence-electron chi connectivity index (χ1n) is 2.89. The lowest BCUT2D eigenvalue weighted by Crippen LogP contribution is -1.79. The summed E-state index contributed by atoms with van der Waals surface area (Å²) in [6.45, 7) is 0. The van der Waals surface area contributed by atoms with Gasteiger partial charge >= 0.3 is 0 Å². The van der Waals surface area contributed by atoms with Gasteiger partial charge < -0.3 is 0 Å². The molecule has 3 nitrogen and oxygen atoms in total. The highest BCUT2D eigenvalue weighted by Gasteiger charge is 2.08. The summed E-state index contributed by atoms with van der Waals surface area (Å²) in [7, 11) is 0. The Morgan fingerprint density at radius 3 is 3.18 bits per heavy atom. The maximum absolute atomic E-state index is 10.3. The average Bonchev–Trinajstić information content (AvgIpc) is 2.53. The number of fused-ring (bicyclic) bond motifs is 1. The Balaban J connectivity index is 2.86. The lowest BCUT2D eigenvalue weighted by Gasteiger charge is -1.82. The third-order valence-electron chi connectivity index (χ3n) is 1.34. The van der Waals surface area contributed by atoms with E-state index in [1.165, 1.54) is 11.3 Å². The molecule has 2 aromatic heterocycles. The minimum atomic E-state index is 0.304. The number of halogens is 1. The highest BCUT2D eigenvalue weighted by molar-refractivity contribution is 7.15. The summed E-state index contributed by atoms with van der Waals surface area (Å²) >= 11 is 7.22. The molecule has 0 aromatic carbocycles. The molecule has 0 N–H and O–H groups in total. The van der Waals surface area contributed by atoms with Crippen LogP contribution in [0, 0.1) is 0 Å². The minimum absolute atomic E-state index is 0.304. The van der Waals surface area contributed by atoms with Gasteiger partial charge in [0.15, 0.2) is 11.2 Å². The van der Waals surface area contributed by atoms with Crippen molar-refractivity contribution in [1.29, 1.82) is 0 Å². The van der Waals surface area contributed by atoms with Crippen LogP contribution in [0.3, 0.4) is 0 Å². The van der Waals surface area contributed by atoms with E-state index in [1.807, 2.05) is 5.38 Å². The molecule has 0 radical (unpaired) electrons. The number of aldehydes is 1. The lowest BCUT2D eigenvalue weighted by atomic mass is 10.5. The molecule has 0 fully saturated rings. The number of carbonyl (C=O) groups excluding carboxylic acids is 1. The highest BCUT2D eigenvalue weighted by Crippen LogP contribution is 2.19. The molecule has 0 aliphatic heterocycles. The molecule has 11 heavy (non-hydrogen) atoms. The predicted molar refractivity (Wildman–Crippen MR) is 43.5 cm³/mol. The zero-order valence-electron chi connectivity index (χ0n) is 5.32. The van der Waals surface area contributed by atoms with Gasteiger partial charge in [0.1, 0.15) is 10.8 Å². The van der Waals surface area contributed by atoms with Gasteiger partial charge in [-0.05, 0) is 0 Å². The van der Waals surface area contributed by atoms with Crippen LogP contribution in [0.4, 0.5) is 0 Å². The zero-order chi connectivity index (χ0) is 7.84. The molecule has 0 amide bonds. The third kappa shape index (κ3) is 0.868. The Morgan fingerprint density at radius 1 is 1.73 bits per heavy atom. The van der Waals surface area contributed by atoms with Crippen LogP contribution in [-0.4, -0.2) is 15.7 Å². The standard InChI is InChI=1S/C6H3ClN2OS/c7-5-4(3-10)8-6-9(5)1-2-11-6/h1-3H. The van der Waals surface area contributed by atoms with Gasteiger partial charge in [-0.2, -0.15) is 0 Å². The Kier molecular flexibility index (Phi) is 1.44. The summed E-state index contributed by atoms with van der Waals surface area (Å²) in [5.74, 6) is 0. The quantitative estimate of drug-likeness (QED) is 0.638. The second-order valence-electron chi connectivity index (χ2n) is 1.96. The maximum Gasteiger partial charge on any atom is 0.195 e. The number of nitrogens with zero attached hydrogens (tertiary/aromatic N) is 2. The normalized spacial score (nSPS) is 10.6. The van der Waals surface area contributed by atoms with Crippen molar-refractivity contribution in [1.82, 2.24) is 9.38 Å². The Bertz CT molecular complexity index is 406. The maximum atomic E-state index is 10.3. The molecule has 0 aliphatic carbocycles. The van der Waals surface area contributed by atoms with Gasteiger partial charge in [0.05, 0.1) is 0 Å². The second kappa shape index (κ2) is 2.32. The van der Waals surface area contributed by atoms with E-state index in [-0.39, 0.29) is 0 Å². The van der Waals surface area contributed by atoms with E-state index >= 15 is 0 Å². The van der Waals surface area contributed by atoms with Gasteiger partial charge in [-0.15, -0.1) is 11.3 Å². The van der Waals surface area contributed by atoms with E-state index in [0.717, 1.165) is 4.96 Å². The molecule has 2 rings (SSSR count). The smallest absolute Gasteiger partial charge is 0.195 e. The van der Waals surface area contributed by atoms with Crippen LogP contribution in [0.1, 0.15) is 10.5 Å². The fourth-order valence-corrected chi connectivity index (χ4v) is 1.84. The molecular weight excluding hydrogens is 184 g/mol. The molecule has 0 bridgehead atoms. The number of thiazole rings is 1. The van der Waals surface area contributed by atoms with Crippen molar-refractivity contribution in [2.45, 2.75) is 0 Å². The molecule has 0 atom stereocenters. The van der Waals surface area contributed by atoms with Crippen LogP contribution in [-0.2, 0) is 0 Å². The van der Waals surface area contributed by atoms with Crippen LogP contribution in [0.5, 0.6) is 0 Å². The van der Waals surface area contributed by atoms with Crippen LogP contribution >= 0.6 is 22.9 Å². The van der Waals surface area contributed by atoms with Gasteiger partial charge in [-0.1, -0.05) is 11.6 Å². The molecule has 2 aromatic rings. The summed E-state index contributed by atoms with van der Waals surface area (Å²) < 4.78 is 1.68. The number of imidazole rings is 1. The predicted octanol–water partition coefficient (Wildman–Crippen LogP) is 1.86. The fourth-order valence-electron chi connectivity index (χ4n) is 0.850. The Labute approximate surface area is 71.2 Å². The van der Waals surface area contributed by atoms with Gasteiger partial charge in [-0.25, -0.2) is 4.98 Å². The number of carbonyl (C=O) groups is 1. The monoisotopic (exact) mass is 186 g/mol. The summed E-state index contributed by atoms with van der Waals surface area (Å²) in [5, 5.41) is 2.25. The summed E-state index contributed by atoms with van der Waals surface area (Å²) in [5.41, 5.74) is 0.304. The van der Waals surface area contributed by atoms with Crippen molar-refractivity contribution in [2.75, 3.05) is 0 Å². The van der Waals surface area contributed by atoms with Crippen molar-refractivity contribution < 1.29 is 4.79 Å². The van der Waals surface area contributed by atoms with E-state index in [9.17, 15) is 4.79 Å². The topological polar surface area (TPSA) is 34.4 Å². The minimum Gasteiger partial charge on any atom is -0.296 e. The molecule has 56 valence electrons. The molecule has 0 saturated carbocycles. The molecule has 0 saturated heterocycles.